The van der Waals surface area contributed by atoms with E-state index in [4.69, 9.17) is 6.42 Å². The molecule has 0 unspecified atom stereocenters. The van der Waals surface area contributed by atoms with Crippen molar-refractivity contribution in [3.05, 3.63) is 24.1 Å². The molecule has 1 heterocycles. The normalized spacial score (nSPS) is 9.43. The van der Waals surface area contributed by atoms with Gasteiger partial charge in [0.15, 0.2) is 0 Å². The Balaban J connectivity index is 2.22. The maximum absolute atomic E-state index is 12.6. The number of hydrogen-bond acceptors (Lipinski definition) is 2. The van der Waals surface area contributed by atoms with Crippen LogP contribution in [0, 0.1) is 18.3 Å². The summed E-state index contributed by atoms with van der Waals surface area (Å²) in [5, 5.41) is 3.02. The van der Waals surface area contributed by atoms with Crippen LogP contribution in [-0.4, -0.2) is 11.5 Å². The number of rotatable bonds is 5. The standard InChI is InChI=1S/C11H13FN2/c1-2-3-4-5-9-13-11-8-6-7-10(12)14-11/h1,6-8H,3-5,9H2,(H,13,14). The van der Waals surface area contributed by atoms with Crippen molar-refractivity contribution >= 4 is 5.82 Å². The van der Waals surface area contributed by atoms with Gasteiger partial charge in [0.2, 0.25) is 5.95 Å². The summed E-state index contributed by atoms with van der Waals surface area (Å²) in [6.07, 6.45) is 7.86. The smallest absolute Gasteiger partial charge is 0.214 e. The van der Waals surface area contributed by atoms with Crippen LogP contribution in [0.3, 0.4) is 0 Å². The summed E-state index contributed by atoms with van der Waals surface area (Å²) >= 11 is 0. The minimum atomic E-state index is -0.460. The van der Waals surface area contributed by atoms with Gasteiger partial charge in [0, 0.05) is 13.0 Å². The predicted octanol–water partition coefficient (Wildman–Crippen LogP) is 2.44. The highest BCUT2D eigenvalue weighted by Gasteiger charge is 1.94. The van der Waals surface area contributed by atoms with Crippen LogP contribution in [0.25, 0.3) is 0 Å². The van der Waals surface area contributed by atoms with Crippen molar-refractivity contribution in [2.24, 2.45) is 0 Å². The van der Waals surface area contributed by atoms with E-state index in [1.165, 1.54) is 6.07 Å². The molecule has 0 aliphatic carbocycles. The molecule has 0 fully saturated rings. The predicted molar refractivity (Wildman–Crippen MR) is 55.4 cm³/mol. The van der Waals surface area contributed by atoms with E-state index in [9.17, 15) is 4.39 Å². The Kier molecular flexibility index (Phi) is 4.49. The number of hydrogen-bond donors (Lipinski definition) is 1. The monoisotopic (exact) mass is 192 g/mol. The quantitative estimate of drug-likeness (QED) is 0.440. The molecule has 0 aromatic carbocycles. The van der Waals surface area contributed by atoms with Gasteiger partial charge >= 0.3 is 0 Å². The van der Waals surface area contributed by atoms with Gasteiger partial charge in [0.05, 0.1) is 0 Å². The Morgan fingerprint density at radius 2 is 2.29 bits per heavy atom. The van der Waals surface area contributed by atoms with E-state index in [1.807, 2.05) is 0 Å². The zero-order chi connectivity index (χ0) is 10.2. The van der Waals surface area contributed by atoms with Crippen molar-refractivity contribution in [2.75, 3.05) is 11.9 Å². The number of nitrogens with one attached hydrogen (secondary N) is 1. The summed E-state index contributed by atoms with van der Waals surface area (Å²) < 4.78 is 12.6. The van der Waals surface area contributed by atoms with Crippen LogP contribution in [0.4, 0.5) is 10.2 Å². The number of aromatic nitrogens is 1. The maximum Gasteiger partial charge on any atom is 0.214 e. The minimum Gasteiger partial charge on any atom is -0.370 e. The summed E-state index contributed by atoms with van der Waals surface area (Å²) in [5.74, 6) is 2.69. The third-order valence-electron chi connectivity index (χ3n) is 1.77. The molecule has 0 amide bonds. The third-order valence-corrected chi connectivity index (χ3v) is 1.77. The van der Waals surface area contributed by atoms with Crippen molar-refractivity contribution < 1.29 is 4.39 Å². The Labute approximate surface area is 83.6 Å². The van der Waals surface area contributed by atoms with Gasteiger partial charge in [-0.15, -0.1) is 12.3 Å². The molecule has 1 aromatic rings. The first-order chi connectivity index (χ1) is 6.83. The molecule has 3 heteroatoms. The summed E-state index contributed by atoms with van der Waals surface area (Å²) in [4.78, 5) is 3.67. The van der Waals surface area contributed by atoms with Crippen molar-refractivity contribution in [3.8, 4) is 12.3 Å². The van der Waals surface area contributed by atoms with Crippen LogP contribution in [0.1, 0.15) is 19.3 Å². The van der Waals surface area contributed by atoms with Gasteiger partial charge in [0.1, 0.15) is 5.82 Å². The second-order valence-electron chi connectivity index (χ2n) is 2.93. The zero-order valence-electron chi connectivity index (χ0n) is 7.96. The SMILES string of the molecule is C#CCCCCNc1cccc(F)n1. The molecule has 0 atom stereocenters. The highest BCUT2D eigenvalue weighted by molar-refractivity contribution is 5.33. The summed E-state index contributed by atoms with van der Waals surface area (Å²) in [6, 6.07) is 4.69. The first-order valence-corrected chi connectivity index (χ1v) is 4.63. The Morgan fingerprint density at radius 3 is 3.00 bits per heavy atom. The minimum absolute atomic E-state index is 0.460. The second kappa shape index (κ2) is 5.98. The molecule has 0 spiro atoms. The van der Waals surface area contributed by atoms with Crippen LogP contribution < -0.4 is 5.32 Å². The van der Waals surface area contributed by atoms with Crippen molar-refractivity contribution in [1.29, 1.82) is 0 Å². The molecular weight excluding hydrogens is 179 g/mol. The first kappa shape index (κ1) is 10.5. The van der Waals surface area contributed by atoms with Gasteiger partial charge < -0.3 is 5.32 Å². The first-order valence-electron chi connectivity index (χ1n) is 4.63. The van der Waals surface area contributed by atoms with E-state index in [2.05, 4.69) is 16.2 Å². The topological polar surface area (TPSA) is 24.9 Å². The number of pyridine rings is 1. The van der Waals surface area contributed by atoms with E-state index < -0.39 is 5.95 Å². The lowest BCUT2D eigenvalue weighted by molar-refractivity contribution is 0.585. The molecule has 1 rings (SSSR count). The van der Waals surface area contributed by atoms with E-state index in [0.717, 1.165) is 25.8 Å². The number of halogens is 1. The van der Waals surface area contributed by atoms with Crippen molar-refractivity contribution in [1.82, 2.24) is 4.98 Å². The average molecular weight is 192 g/mol. The lowest BCUT2D eigenvalue weighted by atomic mass is 10.2. The van der Waals surface area contributed by atoms with Crippen LogP contribution in [0.15, 0.2) is 18.2 Å². The van der Waals surface area contributed by atoms with Crippen LogP contribution in [0.2, 0.25) is 0 Å². The largest absolute Gasteiger partial charge is 0.370 e. The fourth-order valence-electron chi connectivity index (χ4n) is 1.08. The molecule has 74 valence electrons. The Bertz CT molecular complexity index is 317. The fraction of sp³-hybridized carbons (Fsp3) is 0.364. The van der Waals surface area contributed by atoms with Crippen molar-refractivity contribution in [3.63, 3.8) is 0 Å². The van der Waals surface area contributed by atoms with Gasteiger partial charge in [-0.3, -0.25) is 0 Å². The van der Waals surface area contributed by atoms with Gasteiger partial charge in [-0.05, 0) is 25.0 Å². The molecule has 0 saturated carbocycles. The highest BCUT2D eigenvalue weighted by Crippen LogP contribution is 2.03. The van der Waals surface area contributed by atoms with E-state index >= 15 is 0 Å². The Morgan fingerprint density at radius 1 is 1.43 bits per heavy atom. The molecular formula is C11H13FN2. The number of anilines is 1. The van der Waals surface area contributed by atoms with E-state index in [0.29, 0.717) is 5.82 Å². The van der Waals surface area contributed by atoms with E-state index in [-0.39, 0.29) is 0 Å². The maximum atomic E-state index is 12.6. The lowest BCUT2D eigenvalue weighted by Crippen LogP contribution is -2.03. The number of nitrogens with zero attached hydrogens (tertiary/aromatic N) is 1. The van der Waals surface area contributed by atoms with Gasteiger partial charge in [-0.2, -0.15) is 4.39 Å². The highest BCUT2D eigenvalue weighted by atomic mass is 19.1. The van der Waals surface area contributed by atoms with Crippen molar-refractivity contribution in [2.45, 2.75) is 19.3 Å². The molecule has 1 aromatic heterocycles. The van der Waals surface area contributed by atoms with Gasteiger partial charge in [-0.1, -0.05) is 6.07 Å². The van der Waals surface area contributed by atoms with E-state index in [1.54, 1.807) is 12.1 Å². The lowest BCUT2D eigenvalue weighted by Gasteiger charge is -2.03. The molecule has 0 radical (unpaired) electrons. The summed E-state index contributed by atoms with van der Waals surface area (Å²) in [5.41, 5.74) is 0. The molecule has 0 aliphatic rings. The molecule has 0 bridgehead atoms. The van der Waals surface area contributed by atoms with Crippen LogP contribution >= 0.6 is 0 Å². The molecule has 0 saturated heterocycles. The summed E-state index contributed by atoms with van der Waals surface area (Å²) in [6.45, 7) is 0.776. The fourth-order valence-corrected chi connectivity index (χ4v) is 1.08. The average Bonchev–Trinajstić information content (AvgIpc) is 2.18. The third kappa shape index (κ3) is 3.90. The van der Waals surface area contributed by atoms with Gasteiger partial charge in [0.25, 0.3) is 0 Å². The Hall–Kier alpha value is -1.56. The zero-order valence-corrected chi connectivity index (χ0v) is 7.96. The number of terminal acetylenes is 1. The summed E-state index contributed by atoms with van der Waals surface area (Å²) in [7, 11) is 0. The molecule has 2 nitrogen and oxygen atoms in total. The second-order valence-corrected chi connectivity index (χ2v) is 2.93. The van der Waals surface area contributed by atoms with Crippen LogP contribution in [0.5, 0.6) is 0 Å². The molecule has 0 aliphatic heterocycles. The molecule has 1 N–H and O–H groups in total. The van der Waals surface area contributed by atoms with Crippen LogP contribution in [-0.2, 0) is 0 Å². The number of unbranched alkanes of at least 4 members (excludes halogenated alkanes) is 2. The van der Waals surface area contributed by atoms with Gasteiger partial charge in [-0.25, -0.2) is 4.98 Å². The molecule has 14 heavy (non-hydrogen) atoms.